The third kappa shape index (κ3) is 4.88. The number of carbonyl (C=O) groups excluding carboxylic acids is 1. The summed E-state index contributed by atoms with van der Waals surface area (Å²) in [6, 6.07) is 13.9. The van der Waals surface area contributed by atoms with Crippen LogP contribution < -0.4 is 5.32 Å². The van der Waals surface area contributed by atoms with Gasteiger partial charge in [-0.1, -0.05) is 39.7 Å². The molecule has 1 N–H and O–H groups in total. The number of hydrogen-bond acceptors (Lipinski definition) is 3. The second kappa shape index (κ2) is 8.32. The molecule has 4 rings (SSSR count). The molecule has 1 amide bonds. The smallest absolute Gasteiger partial charge is 0.321 e. The standard InChI is InChI=1S/C21H13BrClF3N4O/c22-15-5-6-18-14(7-15)8-16(9-27-18)28-20(31)13-3-1-12(2-4-13)10-30-11-17(23)19(29-30)21(24,25)26/h1-9,11H,10H2,(H,28,31). The van der Waals surface area contributed by atoms with E-state index in [9.17, 15) is 18.0 Å². The van der Waals surface area contributed by atoms with Gasteiger partial charge in [-0.15, -0.1) is 0 Å². The van der Waals surface area contributed by atoms with Gasteiger partial charge in [0.1, 0.15) is 0 Å². The normalized spacial score (nSPS) is 11.6. The molecular weight excluding hydrogens is 497 g/mol. The Morgan fingerprint density at radius 3 is 2.55 bits per heavy atom. The molecule has 31 heavy (non-hydrogen) atoms. The van der Waals surface area contributed by atoms with E-state index in [1.54, 1.807) is 30.5 Å². The first-order valence-corrected chi connectivity index (χ1v) is 10.1. The van der Waals surface area contributed by atoms with Gasteiger partial charge >= 0.3 is 6.18 Å². The Bertz CT molecular complexity index is 1270. The van der Waals surface area contributed by atoms with Crippen molar-refractivity contribution in [2.75, 3.05) is 5.32 Å². The fourth-order valence-corrected chi connectivity index (χ4v) is 3.63. The third-order valence-corrected chi connectivity index (χ3v) is 5.22. The fourth-order valence-electron chi connectivity index (χ4n) is 2.99. The zero-order chi connectivity index (χ0) is 22.2. The first-order valence-electron chi connectivity index (χ1n) is 8.95. The number of benzene rings is 2. The predicted octanol–water partition coefficient (Wildman–Crippen LogP) is 6.17. The lowest BCUT2D eigenvalue weighted by atomic mass is 10.1. The number of halogens is 5. The Balaban J connectivity index is 1.46. The number of nitrogens with zero attached hydrogens (tertiary/aromatic N) is 3. The van der Waals surface area contributed by atoms with Crippen LogP contribution in [0.25, 0.3) is 10.9 Å². The predicted molar refractivity (Wildman–Crippen MR) is 115 cm³/mol. The van der Waals surface area contributed by atoms with E-state index in [1.165, 1.54) is 0 Å². The molecule has 2 aromatic carbocycles. The van der Waals surface area contributed by atoms with Crippen molar-refractivity contribution >= 4 is 50.0 Å². The SMILES string of the molecule is O=C(Nc1cnc2ccc(Br)cc2c1)c1ccc(Cn2cc(Cl)c(C(F)(F)F)n2)cc1. The van der Waals surface area contributed by atoms with Crippen molar-refractivity contribution < 1.29 is 18.0 Å². The van der Waals surface area contributed by atoms with Crippen LogP contribution in [0, 0.1) is 0 Å². The molecule has 0 fully saturated rings. The minimum absolute atomic E-state index is 0.0845. The Morgan fingerprint density at radius 2 is 1.87 bits per heavy atom. The van der Waals surface area contributed by atoms with Crippen LogP contribution in [-0.4, -0.2) is 20.7 Å². The summed E-state index contributed by atoms with van der Waals surface area (Å²) in [7, 11) is 0. The van der Waals surface area contributed by atoms with Crippen LogP contribution in [-0.2, 0) is 12.7 Å². The first-order chi connectivity index (χ1) is 14.7. The van der Waals surface area contributed by atoms with Crippen LogP contribution >= 0.6 is 27.5 Å². The van der Waals surface area contributed by atoms with Crippen molar-refractivity contribution in [2.45, 2.75) is 12.7 Å². The highest BCUT2D eigenvalue weighted by atomic mass is 79.9. The highest BCUT2D eigenvalue weighted by molar-refractivity contribution is 9.10. The molecule has 4 aromatic rings. The summed E-state index contributed by atoms with van der Waals surface area (Å²) in [4.78, 5) is 16.9. The minimum Gasteiger partial charge on any atom is -0.321 e. The van der Waals surface area contributed by atoms with Gasteiger partial charge < -0.3 is 5.32 Å². The van der Waals surface area contributed by atoms with Crippen molar-refractivity contribution in [3.05, 3.63) is 87.2 Å². The molecule has 0 aliphatic heterocycles. The maximum atomic E-state index is 12.8. The molecular formula is C21H13BrClF3N4O. The molecule has 158 valence electrons. The van der Waals surface area contributed by atoms with E-state index in [-0.39, 0.29) is 12.5 Å². The largest absolute Gasteiger partial charge is 0.436 e. The number of rotatable bonds is 4. The summed E-state index contributed by atoms with van der Waals surface area (Å²) in [6.45, 7) is 0.0845. The van der Waals surface area contributed by atoms with Gasteiger partial charge in [0.25, 0.3) is 5.91 Å². The second-order valence-corrected chi connectivity index (χ2v) is 8.06. The summed E-state index contributed by atoms with van der Waals surface area (Å²) in [5.41, 5.74) is 1.29. The lowest BCUT2D eigenvalue weighted by molar-refractivity contribution is -0.141. The van der Waals surface area contributed by atoms with Crippen LogP contribution in [0.5, 0.6) is 0 Å². The minimum atomic E-state index is -4.61. The van der Waals surface area contributed by atoms with Crippen molar-refractivity contribution in [1.29, 1.82) is 0 Å². The number of anilines is 1. The molecule has 0 saturated heterocycles. The highest BCUT2D eigenvalue weighted by Gasteiger charge is 2.36. The zero-order valence-corrected chi connectivity index (χ0v) is 18.0. The lowest BCUT2D eigenvalue weighted by Gasteiger charge is -2.08. The number of nitrogens with one attached hydrogen (secondary N) is 1. The van der Waals surface area contributed by atoms with E-state index in [1.807, 2.05) is 24.3 Å². The Morgan fingerprint density at radius 1 is 1.13 bits per heavy atom. The van der Waals surface area contributed by atoms with E-state index in [0.717, 1.165) is 26.3 Å². The molecule has 0 saturated carbocycles. The number of hydrogen-bond donors (Lipinski definition) is 1. The average Bonchev–Trinajstić information content (AvgIpc) is 3.08. The molecule has 0 aliphatic carbocycles. The summed E-state index contributed by atoms with van der Waals surface area (Å²) in [5.74, 6) is -0.329. The maximum Gasteiger partial charge on any atom is 0.436 e. The molecule has 5 nitrogen and oxygen atoms in total. The van der Waals surface area contributed by atoms with Gasteiger partial charge in [-0.3, -0.25) is 14.5 Å². The molecule has 0 radical (unpaired) electrons. The fraction of sp³-hybridized carbons (Fsp3) is 0.0952. The van der Waals surface area contributed by atoms with Gasteiger partial charge in [-0.25, -0.2) is 0 Å². The van der Waals surface area contributed by atoms with Gasteiger partial charge in [0, 0.05) is 21.6 Å². The number of aromatic nitrogens is 3. The average molecular weight is 510 g/mol. The van der Waals surface area contributed by atoms with E-state index in [2.05, 4.69) is 31.3 Å². The number of pyridine rings is 1. The van der Waals surface area contributed by atoms with E-state index in [0.29, 0.717) is 16.8 Å². The van der Waals surface area contributed by atoms with Crippen molar-refractivity contribution in [3.63, 3.8) is 0 Å². The van der Waals surface area contributed by atoms with E-state index in [4.69, 9.17) is 11.6 Å². The number of carbonyl (C=O) groups is 1. The molecule has 10 heteroatoms. The van der Waals surface area contributed by atoms with Gasteiger partial charge in [0.15, 0.2) is 5.69 Å². The Labute approximate surface area is 188 Å². The highest BCUT2D eigenvalue weighted by Crippen LogP contribution is 2.33. The molecule has 2 aromatic heterocycles. The lowest BCUT2D eigenvalue weighted by Crippen LogP contribution is -2.12. The maximum absolute atomic E-state index is 12.8. The summed E-state index contributed by atoms with van der Waals surface area (Å²) in [5, 5.41) is 6.70. The van der Waals surface area contributed by atoms with Gasteiger partial charge in [-0.05, 0) is 42.0 Å². The second-order valence-electron chi connectivity index (χ2n) is 6.73. The van der Waals surface area contributed by atoms with Crippen molar-refractivity contribution in [1.82, 2.24) is 14.8 Å². The van der Waals surface area contributed by atoms with Crippen LogP contribution in [0.2, 0.25) is 5.02 Å². The molecule has 0 unspecified atom stereocenters. The molecule has 0 aliphatic rings. The van der Waals surface area contributed by atoms with Gasteiger partial charge in [0.05, 0.1) is 29.0 Å². The summed E-state index contributed by atoms with van der Waals surface area (Å²) < 4.78 is 40.5. The molecule has 2 heterocycles. The summed E-state index contributed by atoms with van der Waals surface area (Å²) in [6.07, 6.45) is -1.92. The van der Waals surface area contributed by atoms with Crippen LogP contribution in [0.4, 0.5) is 18.9 Å². The zero-order valence-electron chi connectivity index (χ0n) is 15.6. The summed E-state index contributed by atoms with van der Waals surface area (Å²) >= 11 is 9.03. The van der Waals surface area contributed by atoms with E-state index < -0.39 is 16.9 Å². The van der Waals surface area contributed by atoms with Crippen molar-refractivity contribution in [2.24, 2.45) is 0 Å². The third-order valence-electron chi connectivity index (χ3n) is 4.45. The monoisotopic (exact) mass is 508 g/mol. The first kappa shape index (κ1) is 21.3. The van der Waals surface area contributed by atoms with Crippen LogP contribution in [0.15, 0.2) is 65.4 Å². The van der Waals surface area contributed by atoms with Gasteiger partial charge in [-0.2, -0.15) is 18.3 Å². The number of amides is 1. The van der Waals surface area contributed by atoms with Gasteiger partial charge in [0.2, 0.25) is 0 Å². The molecule has 0 spiro atoms. The quantitative estimate of drug-likeness (QED) is 0.358. The van der Waals surface area contributed by atoms with Crippen LogP contribution in [0.1, 0.15) is 21.6 Å². The Kier molecular flexibility index (Phi) is 5.72. The Hall–Kier alpha value is -2.91. The van der Waals surface area contributed by atoms with Crippen LogP contribution in [0.3, 0.4) is 0 Å². The topological polar surface area (TPSA) is 59.8 Å². The number of alkyl halides is 3. The number of fused-ring (bicyclic) bond motifs is 1. The molecule has 0 atom stereocenters. The molecule has 0 bridgehead atoms. The van der Waals surface area contributed by atoms with Crippen molar-refractivity contribution in [3.8, 4) is 0 Å². The van der Waals surface area contributed by atoms with E-state index >= 15 is 0 Å².